The molecule has 1 heterocycles. The van der Waals surface area contributed by atoms with Gasteiger partial charge in [0.05, 0.1) is 23.9 Å². The van der Waals surface area contributed by atoms with E-state index in [0.29, 0.717) is 16.8 Å². The van der Waals surface area contributed by atoms with Gasteiger partial charge in [-0.3, -0.25) is 9.63 Å². The minimum Gasteiger partial charge on any atom is -0.277 e. The highest BCUT2D eigenvalue weighted by Crippen LogP contribution is 2.25. The Morgan fingerprint density at radius 1 is 1.14 bits per heavy atom. The van der Waals surface area contributed by atoms with Gasteiger partial charge in [0.1, 0.15) is 5.82 Å². The van der Waals surface area contributed by atoms with Crippen molar-refractivity contribution in [3.8, 4) is 11.3 Å². The lowest BCUT2D eigenvalue weighted by Gasteiger charge is -2.09. The number of halogens is 1. The summed E-state index contributed by atoms with van der Waals surface area (Å²) in [6, 6.07) is 15.0. The van der Waals surface area contributed by atoms with Crippen molar-refractivity contribution in [1.82, 2.24) is 10.5 Å². The predicted octanol–water partition coefficient (Wildman–Crippen LogP) is 3.33. The van der Waals surface area contributed by atoms with Crippen LogP contribution in [0.5, 0.6) is 0 Å². The molecule has 0 unspecified atom stereocenters. The van der Waals surface area contributed by atoms with E-state index in [1.807, 2.05) is 24.3 Å². The van der Waals surface area contributed by atoms with Gasteiger partial charge in [-0.15, -0.1) is 0 Å². The van der Waals surface area contributed by atoms with Gasteiger partial charge >= 0.3 is 0 Å². The van der Waals surface area contributed by atoms with Crippen LogP contribution in [-0.2, 0) is 4.84 Å². The Morgan fingerprint density at radius 3 is 2.59 bits per heavy atom. The van der Waals surface area contributed by atoms with E-state index in [1.54, 1.807) is 18.2 Å². The summed E-state index contributed by atoms with van der Waals surface area (Å²) in [4.78, 5) is 21.4. The molecule has 0 radical (unpaired) electrons. The molecule has 110 valence electrons. The van der Waals surface area contributed by atoms with E-state index in [-0.39, 0.29) is 11.7 Å². The second kappa shape index (κ2) is 5.91. The fourth-order valence-electron chi connectivity index (χ4n) is 2.28. The zero-order valence-corrected chi connectivity index (χ0v) is 11.8. The number of rotatable bonds is 3. The number of hydrogen-bond acceptors (Lipinski definition) is 3. The Labute approximate surface area is 126 Å². The molecule has 0 saturated carbocycles. The Hall–Kier alpha value is -2.79. The molecule has 3 rings (SSSR count). The molecule has 0 aliphatic heterocycles. The normalized spacial score (nSPS) is 10.6. The van der Waals surface area contributed by atoms with Gasteiger partial charge in [0.25, 0.3) is 5.91 Å². The predicted molar refractivity (Wildman–Crippen MR) is 81.6 cm³/mol. The van der Waals surface area contributed by atoms with Crippen LogP contribution >= 0.6 is 0 Å². The standard InChI is InChI=1S/C17H13FN2O2/c1-22-20-17(21)14-10-16(11-6-8-12(18)9-7-11)19-15-5-3-2-4-13(14)15/h2-10H,1H3,(H,20,21). The van der Waals surface area contributed by atoms with E-state index in [1.165, 1.54) is 19.2 Å². The molecule has 0 bridgehead atoms. The van der Waals surface area contributed by atoms with Crippen molar-refractivity contribution in [3.05, 3.63) is 66.0 Å². The number of hydroxylamine groups is 1. The average Bonchev–Trinajstić information content (AvgIpc) is 2.54. The highest BCUT2D eigenvalue weighted by atomic mass is 19.1. The number of pyridine rings is 1. The number of nitrogens with zero attached hydrogens (tertiary/aromatic N) is 1. The Bertz CT molecular complexity index is 832. The Kier molecular flexibility index (Phi) is 3.80. The van der Waals surface area contributed by atoms with Crippen LogP contribution in [0, 0.1) is 5.82 Å². The first kappa shape index (κ1) is 14.2. The van der Waals surface area contributed by atoms with Crippen LogP contribution in [-0.4, -0.2) is 18.0 Å². The van der Waals surface area contributed by atoms with E-state index in [9.17, 15) is 9.18 Å². The number of para-hydroxylation sites is 1. The smallest absolute Gasteiger partial charge is 0.275 e. The molecular weight excluding hydrogens is 283 g/mol. The fraction of sp³-hybridized carbons (Fsp3) is 0.0588. The second-order valence-electron chi connectivity index (χ2n) is 4.71. The molecule has 0 aliphatic carbocycles. The Morgan fingerprint density at radius 2 is 1.86 bits per heavy atom. The third-order valence-electron chi connectivity index (χ3n) is 3.30. The lowest BCUT2D eigenvalue weighted by Crippen LogP contribution is -2.22. The summed E-state index contributed by atoms with van der Waals surface area (Å²) in [5.41, 5.74) is 4.78. The molecule has 0 atom stereocenters. The summed E-state index contributed by atoms with van der Waals surface area (Å²) >= 11 is 0. The maximum Gasteiger partial charge on any atom is 0.275 e. The zero-order valence-electron chi connectivity index (χ0n) is 11.8. The number of nitrogens with one attached hydrogen (secondary N) is 1. The van der Waals surface area contributed by atoms with Gasteiger partial charge in [0.2, 0.25) is 0 Å². The molecule has 22 heavy (non-hydrogen) atoms. The molecule has 1 N–H and O–H groups in total. The van der Waals surface area contributed by atoms with Crippen molar-refractivity contribution < 1.29 is 14.0 Å². The van der Waals surface area contributed by atoms with Crippen molar-refractivity contribution in [2.24, 2.45) is 0 Å². The van der Waals surface area contributed by atoms with Crippen molar-refractivity contribution in [3.63, 3.8) is 0 Å². The van der Waals surface area contributed by atoms with Crippen LogP contribution in [0.2, 0.25) is 0 Å². The first-order valence-electron chi connectivity index (χ1n) is 6.68. The van der Waals surface area contributed by atoms with E-state index in [4.69, 9.17) is 4.84 Å². The topological polar surface area (TPSA) is 51.2 Å². The van der Waals surface area contributed by atoms with E-state index >= 15 is 0 Å². The van der Waals surface area contributed by atoms with Gasteiger partial charge in [-0.1, -0.05) is 18.2 Å². The van der Waals surface area contributed by atoms with Gasteiger partial charge in [-0.25, -0.2) is 14.9 Å². The van der Waals surface area contributed by atoms with Crippen LogP contribution in [0.3, 0.4) is 0 Å². The lowest BCUT2D eigenvalue weighted by molar-refractivity contribution is 0.0539. The minimum atomic E-state index is -0.357. The van der Waals surface area contributed by atoms with Crippen molar-refractivity contribution in [2.75, 3.05) is 7.11 Å². The third kappa shape index (κ3) is 2.66. The molecule has 0 aliphatic rings. The van der Waals surface area contributed by atoms with Gasteiger partial charge in [0.15, 0.2) is 0 Å². The molecule has 2 aromatic carbocycles. The van der Waals surface area contributed by atoms with Gasteiger partial charge < -0.3 is 0 Å². The van der Waals surface area contributed by atoms with Gasteiger partial charge in [0, 0.05) is 10.9 Å². The maximum absolute atomic E-state index is 13.1. The number of amides is 1. The second-order valence-corrected chi connectivity index (χ2v) is 4.71. The number of aromatic nitrogens is 1. The first-order valence-corrected chi connectivity index (χ1v) is 6.68. The molecule has 4 nitrogen and oxygen atoms in total. The lowest BCUT2D eigenvalue weighted by atomic mass is 10.0. The summed E-state index contributed by atoms with van der Waals surface area (Å²) in [5, 5.41) is 0.725. The van der Waals surface area contributed by atoms with E-state index in [0.717, 1.165) is 10.9 Å². The molecule has 0 saturated heterocycles. The third-order valence-corrected chi connectivity index (χ3v) is 3.30. The molecule has 3 aromatic rings. The van der Waals surface area contributed by atoms with E-state index < -0.39 is 0 Å². The molecule has 0 spiro atoms. The van der Waals surface area contributed by atoms with Crippen molar-refractivity contribution >= 4 is 16.8 Å². The molecule has 5 heteroatoms. The highest BCUT2D eigenvalue weighted by molar-refractivity contribution is 6.06. The molecule has 0 fully saturated rings. The number of carbonyl (C=O) groups excluding carboxylic acids is 1. The largest absolute Gasteiger partial charge is 0.277 e. The van der Waals surface area contributed by atoms with E-state index in [2.05, 4.69) is 10.5 Å². The maximum atomic E-state index is 13.1. The number of hydrogen-bond donors (Lipinski definition) is 1. The van der Waals surface area contributed by atoms with Gasteiger partial charge in [-0.2, -0.15) is 0 Å². The van der Waals surface area contributed by atoms with Crippen LogP contribution in [0.4, 0.5) is 4.39 Å². The number of fused-ring (bicyclic) bond motifs is 1. The summed E-state index contributed by atoms with van der Waals surface area (Å²) in [5.74, 6) is -0.675. The molecular formula is C17H13FN2O2. The monoisotopic (exact) mass is 296 g/mol. The average molecular weight is 296 g/mol. The highest BCUT2D eigenvalue weighted by Gasteiger charge is 2.13. The number of carbonyl (C=O) groups is 1. The number of benzene rings is 2. The van der Waals surface area contributed by atoms with Crippen LogP contribution in [0.1, 0.15) is 10.4 Å². The summed E-state index contributed by atoms with van der Waals surface area (Å²) in [6.07, 6.45) is 0. The summed E-state index contributed by atoms with van der Waals surface area (Å²) in [6.45, 7) is 0. The molecule has 1 aromatic heterocycles. The minimum absolute atomic E-state index is 0.318. The van der Waals surface area contributed by atoms with Crippen LogP contribution in [0.15, 0.2) is 54.6 Å². The van der Waals surface area contributed by atoms with Crippen molar-refractivity contribution in [1.29, 1.82) is 0 Å². The summed E-state index contributed by atoms with van der Waals surface area (Å²) < 4.78 is 13.1. The first-order chi connectivity index (χ1) is 10.7. The van der Waals surface area contributed by atoms with Gasteiger partial charge in [-0.05, 0) is 36.4 Å². The van der Waals surface area contributed by atoms with Crippen molar-refractivity contribution in [2.45, 2.75) is 0 Å². The SMILES string of the molecule is CONC(=O)c1cc(-c2ccc(F)cc2)nc2ccccc12. The fourth-order valence-corrected chi connectivity index (χ4v) is 2.28. The van der Waals surface area contributed by atoms with Crippen LogP contribution < -0.4 is 5.48 Å². The molecule has 1 amide bonds. The Balaban J connectivity index is 2.20. The quantitative estimate of drug-likeness (QED) is 0.754. The zero-order chi connectivity index (χ0) is 15.5. The van der Waals surface area contributed by atoms with Crippen LogP contribution in [0.25, 0.3) is 22.2 Å². The summed E-state index contributed by atoms with van der Waals surface area (Å²) in [7, 11) is 1.38.